The van der Waals surface area contributed by atoms with E-state index in [4.69, 9.17) is 4.52 Å². The smallest absolute Gasteiger partial charge is 0.237 e. The Hall–Kier alpha value is -2.51. The largest absolute Gasteiger partial charge is 0.338 e. The summed E-state index contributed by atoms with van der Waals surface area (Å²) in [6.07, 6.45) is 0. The van der Waals surface area contributed by atoms with Crippen LogP contribution in [0.1, 0.15) is 11.5 Å². The summed E-state index contributed by atoms with van der Waals surface area (Å²) < 4.78 is 6.32. The molecule has 0 unspecified atom stereocenters. The number of benzene rings is 2. The first kappa shape index (κ1) is 17.9. The van der Waals surface area contributed by atoms with Crippen LogP contribution in [0.15, 0.2) is 74.7 Å². The number of nitrogens with zero attached hydrogens (tertiary/aromatic N) is 4. The Bertz CT molecular complexity index is 1050. The number of aryl methyl sites for hydroxylation is 1. The minimum atomic E-state index is 0.541. The van der Waals surface area contributed by atoms with Crippen LogP contribution in [0.25, 0.3) is 22.6 Å². The van der Waals surface area contributed by atoms with Crippen LogP contribution < -0.4 is 0 Å². The molecular formula is C20H15BrN4OS. The van der Waals surface area contributed by atoms with Gasteiger partial charge in [0.25, 0.3) is 0 Å². The third-order valence-corrected chi connectivity index (χ3v) is 5.28. The van der Waals surface area contributed by atoms with Gasteiger partial charge in [-0.25, -0.2) is 0 Å². The van der Waals surface area contributed by atoms with E-state index in [-0.39, 0.29) is 0 Å². The fourth-order valence-electron chi connectivity index (χ4n) is 2.47. The Labute approximate surface area is 169 Å². The van der Waals surface area contributed by atoms with Crippen LogP contribution in [0.2, 0.25) is 0 Å². The molecule has 0 saturated carbocycles. The van der Waals surface area contributed by atoms with Crippen LogP contribution in [0.5, 0.6) is 0 Å². The van der Waals surface area contributed by atoms with Crippen LogP contribution >= 0.6 is 27.7 Å². The van der Waals surface area contributed by atoms with E-state index in [1.54, 1.807) is 0 Å². The van der Waals surface area contributed by atoms with E-state index in [1.165, 1.54) is 17.3 Å². The summed E-state index contributed by atoms with van der Waals surface area (Å²) >= 11 is 4.96. The number of halogens is 1. The normalized spacial score (nSPS) is 10.9. The molecule has 0 aliphatic heterocycles. The zero-order valence-corrected chi connectivity index (χ0v) is 16.9. The molecule has 0 saturated heterocycles. The van der Waals surface area contributed by atoms with Gasteiger partial charge in [-0.15, -0.1) is 10.2 Å². The number of hydrogen-bond donors (Lipinski definition) is 0. The van der Waals surface area contributed by atoms with E-state index < -0.39 is 0 Å². The van der Waals surface area contributed by atoms with Gasteiger partial charge in [-0.3, -0.25) is 0 Å². The molecular weight excluding hydrogens is 424 g/mol. The summed E-state index contributed by atoms with van der Waals surface area (Å²) in [5.74, 6) is 1.67. The Morgan fingerprint density at radius 2 is 1.81 bits per heavy atom. The van der Waals surface area contributed by atoms with Crippen molar-refractivity contribution in [1.82, 2.24) is 20.3 Å². The molecule has 0 N–H and O–H groups in total. The molecule has 0 amide bonds. The van der Waals surface area contributed by atoms with Gasteiger partial charge in [-0.2, -0.15) is 4.98 Å². The van der Waals surface area contributed by atoms with Gasteiger partial charge in [0.2, 0.25) is 11.7 Å². The van der Waals surface area contributed by atoms with E-state index >= 15 is 0 Å². The molecule has 0 aliphatic carbocycles. The summed E-state index contributed by atoms with van der Waals surface area (Å²) in [5, 5.41) is 13.5. The zero-order valence-electron chi connectivity index (χ0n) is 14.5. The number of rotatable bonds is 5. The Balaban J connectivity index is 1.41. The van der Waals surface area contributed by atoms with Crippen molar-refractivity contribution >= 4 is 27.7 Å². The summed E-state index contributed by atoms with van der Waals surface area (Å²) in [5.41, 5.74) is 4.04. The second-order valence-electron chi connectivity index (χ2n) is 5.93. The molecule has 0 bridgehead atoms. The number of aromatic nitrogens is 4. The van der Waals surface area contributed by atoms with E-state index in [2.05, 4.69) is 55.3 Å². The monoisotopic (exact) mass is 438 g/mol. The van der Waals surface area contributed by atoms with Gasteiger partial charge in [0, 0.05) is 15.6 Å². The van der Waals surface area contributed by atoms with Gasteiger partial charge in [0.05, 0.1) is 11.4 Å². The molecule has 0 fully saturated rings. The van der Waals surface area contributed by atoms with Crippen LogP contribution in [0, 0.1) is 6.92 Å². The first-order chi connectivity index (χ1) is 13.2. The van der Waals surface area contributed by atoms with Gasteiger partial charge in [-0.1, -0.05) is 74.8 Å². The van der Waals surface area contributed by atoms with Crippen molar-refractivity contribution in [1.29, 1.82) is 0 Å². The molecule has 27 heavy (non-hydrogen) atoms. The number of hydrogen-bond acceptors (Lipinski definition) is 6. The van der Waals surface area contributed by atoms with Gasteiger partial charge in [0.1, 0.15) is 5.03 Å². The second-order valence-corrected chi connectivity index (χ2v) is 7.84. The molecule has 5 nitrogen and oxygen atoms in total. The lowest BCUT2D eigenvalue weighted by atomic mass is 10.1. The van der Waals surface area contributed by atoms with Gasteiger partial charge < -0.3 is 4.52 Å². The lowest BCUT2D eigenvalue weighted by Gasteiger charge is -2.02. The molecule has 4 aromatic rings. The Morgan fingerprint density at radius 3 is 2.56 bits per heavy atom. The minimum Gasteiger partial charge on any atom is -0.338 e. The van der Waals surface area contributed by atoms with Crippen LogP contribution in [0.3, 0.4) is 0 Å². The van der Waals surface area contributed by atoms with Crippen molar-refractivity contribution in [3.8, 4) is 22.6 Å². The first-order valence-corrected chi connectivity index (χ1v) is 10.1. The molecule has 0 aliphatic rings. The van der Waals surface area contributed by atoms with Crippen molar-refractivity contribution in [2.75, 3.05) is 0 Å². The standard InChI is InChI=1S/C20H15BrN4OS/c1-13-5-7-14(8-6-13)17-9-10-19(24-23-17)27-12-18-22-20(25-26-18)15-3-2-4-16(21)11-15/h2-11H,12H2,1H3. The summed E-state index contributed by atoms with van der Waals surface area (Å²) in [6, 6.07) is 20.0. The third kappa shape index (κ3) is 4.43. The van der Waals surface area contributed by atoms with Crippen LogP contribution in [0.4, 0.5) is 0 Å². The molecule has 2 heterocycles. The topological polar surface area (TPSA) is 64.7 Å². The van der Waals surface area contributed by atoms with Crippen molar-refractivity contribution in [2.45, 2.75) is 17.7 Å². The average Bonchev–Trinajstić information content (AvgIpc) is 3.17. The minimum absolute atomic E-state index is 0.541. The molecule has 0 atom stereocenters. The molecule has 2 aromatic carbocycles. The van der Waals surface area contributed by atoms with Crippen molar-refractivity contribution in [3.05, 3.63) is 76.6 Å². The molecule has 7 heteroatoms. The molecule has 4 rings (SSSR count). The highest BCUT2D eigenvalue weighted by molar-refractivity contribution is 9.10. The highest BCUT2D eigenvalue weighted by Gasteiger charge is 2.10. The maximum Gasteiger partial charge on any atom is 0.237 e. The Kier molecular flexibility index (Phi) is 5.31. The van der Waals surface area contributed by atoms with Crippen molar-refractivity contribution in [2.24, 2.45) is 0 Å². The summed E-state index contributed by atoms with van der Waals surface area (Å²) in [4.78, 5) is 4.44. The highest BCUT2D eigenvalue weighted by Crippen LogP contribution is 2.25. The fraction of sp³-hybridized carbons (Fsp3) is 0.100. The SMILES string of the molecule is Cc1ccc(-c2ccc(SCc3nc(-c4cccc(Br)c4)no3)nn2)cc1. The number of thioether (sulfide) groups is 1. The first-order valence-electron chi connectivity index (χ1n) is 8.29. The van der Waals surface area contributed by atoms with Crippen LogP contribution in [-0.2, 0) is 5.75 Å². The van der Waals surface area contributed by atoms with Gasteiger partial charge >= 0.3 is 0 Å². The van der Waals surface area contributed by atoms with Gasteiger partial charge in [0.15, 0.2) is 0 Å². The lowest BCUT2D eigenvalue weighted by Crippen LogP contribution is -1.90. The predicted molar refractivity (Wildman–Crippen MR) is 109 cm³/mol. The maximum atomic E-state index is 5.34. The summed E-state index contributed by atoms with van der Waals surface area (Å²) in [7, 11) is 0. The maximum absolute atomic E-state index is 5.34. The van der Waals surface area contributed by atoms with E-state index in [0.717, 1.165) is 26.3 Å². The fourth-order valence-corrected chi connectivity index (χ4v) is 3.52. The predicted octanol–water partition coefficient (Wildman–Crippen LogP) is 5.56. The van der Waals surface area contributed by atoms with Crippen molar-refractivity contribution < 1.29 is 4.52 Å². The van der Waals surface area contributed by atoms with Gasteiger partial charge in [-0.05, 0) is 31.2 Å². The quantitative estimate of drug-likeness (QED) is 0.380. The zero-order chi connectivity index (χ0) is 18.6. The third-order valence-electron chi connectivity index (χ3n) is 3.88. The lowest BCUT2D eigenvalue weighted by molar-refractivity contribution is 0.391. The molecule has 0 spiro atoms. The average molecular weight is 439 g/mol. The second kappa shape index (κ2) is 8.02. The highest BCUT2D eigenvalue weighted by atomic mass is 79.9. The van der Waals surface area contributed by atoms with E-state index in [0.29, 0.717) is 17.5 Å². The van der Waals surface area contributed by atoms with E-state index in [1.807, 2.05) is 48.5 Å². The molecule has 2 aromatic heterocycles. The van der Waals surface area contributed by atoms with Crippen molar-refractivity contribution in [3.63, 3.8) is 0 Å². The van der Waals surface area contributed by atoms with Crippen LogP contribution in [-0.4, -0.2) is 20.3 Å². The molecule has 134 valence electrons. The Morgan fingerprint density at radius 1 is 0.963 bits per heavy atom. The molecule has 0 radical (unpaired) electrons. The van der Waals surface area contributed by atoms with E-state index in [9.17, 15) is 0 Å². The summed E-state index contributed by atoms with van der Waals surface area (Å²) in [6.45, 7) is 2.06.